The van der Waals surface area contributed by atoms with Gasteiger partial charge in [-0.15, -0.1) is 0 Å². The standard InChI is InChI=1S/C20H28N2O4/c1-17(23)22(11-5-8-18-6-3-2-4-7-18)16-19(24)21-12-9-20(10-13-21)25-14-15-26-20/h2-4,6-7H,5,8-16H2,1H3. The Labute approximate surface area is 155 Å². The first-order valence-electron chi connectivity index (χ1n) is 9.43. The highest BCUT2D eigenvalue weighted by atomic mass is 16.7. The number of piperidine rings is 1. The number of amides is 2. The quantitative estimate of drug-likeness (QED) is 0.777. The molecule has 2 saturated heterocycles. The molecule has 0 aliphatic carbocycles. The van der Waals surface area contributed by atoms with Crippen LogP contribution in [0.25, 0.3) is 0 Å². The molecule has 2 amide bonds. The van der Waals surface area contributed by atoms with Crippen LogP contribution in [-0.4, -0.2) is 66.8 Å². The lowest BCUT2D eigenvalue weighted by Crippen LogP contribution is -2.50. The van der Waals surface area contributed by atoms with Crippen molar-refractivity contribution in [3.63, 3.8) is 0 Å². The van der Waals surface area contributed by atoms with Gasteiger partial charge >= 0.3 is 0 Å². The molecule has 0 saturated carbocycles. The number of aryl methyl sites for hydroxylation is 1. The van der Waals surface area contributed by atoms with Crippen LogP contribution in [0.5, 0.6) is 0 Å². The SMILES string of the molecule is CC(=O)N(CCCc1ccccc1)CC(=O)N1CCC2(CC1)OCCO2. The monoisotopic (exact) mass is 360 g/mol. The average Bonchev–Trinajstić information content (AvgIpc) is 3.10. The third kappa shape index (κ3) is 4.83. The summed E-state index contributed by atoms with van der Waals surface area (Å²) in [5, 5.41) is 0. The van der Waals surface area contributed by atoms with Gasteiger partial charge in [0.1, 0.15) is 0 Å². The minimum Gasteiger partial charge on any atom is -0.347 e. The van der Waals surface area contributed by atoms with Gasteiger partial charge < -0.3 is 19.3 Å². The van der Waals surface area contributed by atoms with Crippen LogP contribution in [0, 0.1) is 0 Å². The van der Waals surface area contributed by atoms with E-state index in [9.17, 15) is 9.59 Å². The molecule has 2 aliphatic rings. The van der Waals surface area contributed by atoms with Crippen LogP contribution in [-0.2, 0) is 25.5 Å². The number of nitrogens with zero attached hydrogens (tertiary/aromatic N) is 2. The summed E-state index contributed by atoms with van der Waals surface area (Å²) in [6.07, 6.45) is 3.15. The Kier molecular flexibility index (Phi) is 6.27. The van der Waals surface area contributed by atoms with Crippen LogP contribution in [0.4, 0.5) is 0 Å². The Hall–Kier alpha value is -1.92. The zero-order valence-electron chi connectivity index (χ0n) is 15.5. The van der Waals surface area contributed by atoms with Crippen molar-refractivity contribution in [1.29, 1.82) is 0 Å². The summed E-state index contributed by atoms with van der Waals surface area (Å²) in [4.78, 5) is 28.0. The third-order valence-corrected chi connectivity index (χ3v) is 5.20. The third-order valence-electron chi connectivity index (χ3n) is 5.20. The van der Waals surface area contributed by atoms with Crippen LogP contribution in [0.2, 0.25) is 0 Å². The lowest BCUT2D eigenvalue weighted by Gasteiger charge is -2.38. The molecule has 2 fully saturated rings. The Morgan fingerprint density at radius 1 is 1.12 bits per heavy atom. The van der Waals surface area contributed by atoms with Crippen molar-refractivity contribution in [2.75, 3.05) is 39.4 Å². The van der Waals surface area contributed by atoms with Crippen molar-refractivity contribution in [1.82, 2.24) is 9.80 Å². The van der Waals surface area contributed by atoms with Crippen molar-refractivity contribution >= 4 is 11.8 Å². The maximum Gasteiger partial charge on any atom is 0.242 e. The molecular formula is C20H28N2O4. The second-order valence-corrected chi connectivity index (χ2v) is 7.02. The molecule has 0 aromatic heterocycles. The molecule has 142 valence electrons. The molecule has 0 N–H and O–H groups in total. The van der Waals surface area contributed by atoms with E-state index in [2.05, 4.69) is 12.1 Å². The number of carbonyl (C=O) groups excluding carboxylic acids is 2. The first-order valence-corrected chi connectivity index (χ1v) is 9.43. The molecule has 1 aromatic carbocycles. The van der Waals surface area contributed by atoms with E-state index in [0.717, 1.165) is 12.8 Å². The molecule has 0 unspecified atom stereocenters. The van der Waals surface area contributed by atoms with Gasteiger partial charge in [-0.25, -0.2) is 0 Å². The Bertz CT molecular complexity index is 603. The Morgan fingerprint density at radius 2 is 1.77 bits per heavy atom. The second-order valence-electron chi connectivity index (χ2n) is 7.02. The molecule has 3 rings (SSSR count). The number of hydrogen-bond donors (Lipinski definition) is 0. The highest BCUT2D eigenvalue weighted by Gasteiger charge is 2.40. The molecule has 2 heterocycles. The summed E-state index contributed by atoms with van der Waals surface area (Å²) in [6.45, 7) is 4.78. The summed E-state index contributed by atoms with van der Waals surface area (Å²) in [5.74, 6) is -0.526. The molecule has 6 nitrogen and oxygen atoms in total. The van der Waals surface area contributed by atoms with Crippen molar-refractivity contribution in [3.05, 3.63) is 35.9 Å². The van der Waals surface area contributed by atoms with Crippen LogP contribution >= 0.6 is 0 Å². The number of hydrogen-bond acceptors (Lipinski definition) is 4. The molecule has 0 atom stereocenters. The molecule has 6 heteroatoms. The van der Waals surface area contributed by atoms with Gasteiger partial charge in [-0.1, -0.05) is 30.3 Å². The smallest absolute Gasteiger partial charge is 0.242 e. The zero-order valence-corrected chi connectivity index (χ0v) is 15.5. The first-order chi connectivity index (χ1) is 12.6. The van der Waals surface area contributed by atoms with Gasteiger partial charge in [-0.2, -0.15) is 0 Å². The van der Waals surface area contributed by atoms with Gasteiger partial charge in [0, 0.05) is 39.4 Å². The molecule has 26 heavy (non-hydrogen) atoms. The first kappa shape index (κ1) is 18.9. The van der Waals surface area contributed by atoms with Crippen LogP contribution in [0.3, 0.4) is 0 Å². The van der Waals surface area contributed by atoms with Crippen LogP contribution < -0.4 is 0 Å². The number of rotatable bonds is 6. The highest BCUT2D eigenvalue weighted by Crippen LogP contribution is 2.31. The predicted octanol–water partition coefficient (Wildman–Crippen LogP) is 1.83. The fourth-order valence-electron chi connectivity index (χ4n) is 3.61. The zero-order chi connectivity index (χ0) is 18.4. The number of ether oxygens (including phenoxy) is 2. The number of benzene rings is 1. The van der Waals surface area contributed by atoms with E-state index in [0.29, 0.717) is 45.7 Å². The van der Waals surface area contributed by atoms with Gasteiger partial charge in [0.2, 0.25) is 11.8 Å². The number of likely N-dealkylation sites (tertiary alicyclic amines) is 1. The molecule has 0 bridgehead atoms. The Balaban J connectivity index is 1.45. The van der Waals surface area contributed by atoms with Crippen molar-refractivity contribution in [2.24, 2.45) is 0 Å². The lowest BCUT2D eigenvalue weighted by molar-refractivity contribution is -0.187. The lowest BCUT2D eigenvalue weighted by atomic mass is 10.0. The van der Waals surface area contributed by atoms with E-state index in [1.54, 1.807) is 4.90 Å². The van der Waals surface area contributed by atoms with E-state index in [1.807, 2.05) is 23.1 Å². The van der Waals surface area contributed by atoms with Crippen LogP contribution in [0.15, 0.2) is 30.3 Å². The summed E-state index contributed by atoms with van der Waals surface area (Å²) in [5.41, 5.74) is 1.25. The summed E-state index contributed by atoms with van der Waals surface area (Å²) < 4.78 is 11.4. The highest BCUT2D eigenvalue weighted by molar-refractivity contribution is 5.83. The van der Waals surface area contributed by atoms with E-state index >= 15 is 0 Å². The predicted molar refractivity (Wildman–Crippen MR) is 97.5 cm³/mol. The van der Waals surface area contributed by atoms with E-state index < -0.39 is 5.79 Å². The van der Waals surface area contributed by atoms with Crippen LogP contribution in [0.1, 0.15) is 31.7 Å². The normalized spacial score (nSPS) is 18.9. The van der Waals surface area contributed by atoms with Crippen molar-refractivity contribution < 1.29 is 19.1 Å². The topological polar surface area (TPSA) is 59.1 Å². The van der Waals surface area contributed by atoms with Crippen molar-refractivity contribution in [2.45, 2.75) is 38.4 Å². The summed E-state index contributed by atoms with van der Waals surface area (Å²) in [7, 11) is 0. The fourth-order valence-corrected chi connectivity index (χ4v) is 3.61. The average molecular weight is 360 g/mol. The largest absolute Gasteiger partial charge is 0.347 e. The molecular weight excluding hydrogens is 332 g/mol. The van der Waals surface area contributed by atoms with Gasteiger partial charge in [0.25, 0.3) is 0 Å². The molecule has 1 aromatic rings. The summed E-state index contributed by atoms with van der Waals surface area (Å²) >= 11 is 0. The van der Waals surface area contributed by atoms with Gasteiger partial charge in [-0.3, -0.25) is 9.59 Å². The van der Waals surface area contributed by atoms with E-state index in [4.69, 9.17) is 9.47 Å². The minimum absolute atomic E-state index is 0.00718. The van der Waals surface area contributed by atoms with Gasteiger partial charge in [0.05, 0.1) is 19.8 Å². The fraction of sp³-hybridized carbons (Fsp3) is 0.600. The molecule has 2 aliphatic heterocycles. The second kappa shape index (κ2) is 8.64. The minimum atomic E-state index is -0.479. The van der Waals surface area contributed by atoms with E-state index in [-0.39, 0.29) is 18.4 Å². The van der Waals surface area contributed by atoms with Crippen molar-refractivity contribution in [3.8, 4) is 0 Å². The maximum atomic E-state index is 12.6. The summed E-state index contributed by atoms with van der Waals surface area (Å²) in [6, 6.07) is 10.2. The Morgan fingerprint density at radius 3 is 2.38 bits per heavy atom. The number of carbonyl (C=O) groups is 2. The van der Waals surface area contributed by atoms with Gasteiger partial charge in [-0.05, 0) is 18.4 Å². The maximum absolute atomic E-state index is 12.6. The molecule has 1 spiro atoms. The molecule has 0 radical (unpaired) electrons. The van der Waals surface area contributed by atoms with Gasteiger partial charge in [0.15, 0.2) is 5.79 Å². The van der Waals surface area contributed by atoms with E-state index in [1.165, 1.54) is 12.5 Å².